The Balaban J connectivity index is 0.00000192. The fourth-order valence-corrected chi connectivity index (χ4v) is 3.25. The van der Waals surface area contributed by atoms with Gasteiger partial charge in [0.2, 0.25) is 5.91 Å². The highest BCUT2D eigenvalue weighted by atomic mass is 79.9. The van der Waals surface area contributed by atoms with Gasteiger partial charge in [-0.3, -0.25) is 14.2 Å². The van der Waals surface area contributed by atoms with Gasteiger partial charge in [-0.2, -0.15) is 0 Å². The van der Waals surface area contributed by atoms with Crippen LogP contribution in [0.3, 0.4) is 0 Å². The SMILES string of the molecule is Cl.NCC1CCCN1C(=O)Cn1cnc2ccc(Br)cc2c1=O. The molecule has 2 N–H and O–H groups in total. The van der Waals surface area contributed by atoms with Gasteiger partial charge in [0.05, 0.1) is 17.2 Å². The number of carbonyl (C=O) groups is 1. The first kappa shape index (κ1) is 17.9. The van der Waals surface area contributed by atoms with Crippen LogP contribution in [0, 0.1) is 0 Å². The van der Waals surface area contributed by atoms with Crippen LogP contribution in [0.2, 0.25) is 0 Å². The van der Waals surface area contributed by atoms with E-state index in [1.165, 1.54) is 10.9 Å². The first-order valence-electron chi connectivity index (χ1n) is 7.24. The van der Waals surface area contributed by atoms with Crippen molar-refractivity contribution >= 4 is 45.1 Å². The molecule has 1 aliphatic heterocycles. The van der Waals surface area contributed by atoms with E-state index in [1.54, 1.807) is 17.0 Å². The van der Waals surface area contributed by atoms with E-state index in [0.717, 1.165) is 17.3 Å². The van der Waals surface area contributed by atoms with Crippen molar-refractivity contribution in [3.63, 3.8) is 0 Å². The van der Waals surface area contributed by atoms with Gasteiger partial charge < -0.3 is 10.6 Å². The number of nitrogens with two attached hydrogens (primary N) is 1. The lowest BCUT2D eigenvalue weighted by Gasteiger charge is -2.23. The van der Waals surface area contributed by atoms with Crippen molar-refractivity contribution < 1.29 is 4.79 Å². The van der Waals surface area contributed by atoms with Crippen LogP contribution in [0.15, 0.2) is 33.8 Å². The van der Waals surface area contributed by atoms with E-state index in [9.17, 15) is 9.59 Å². The molecule has 23 heavy (non-hydrogen) atoms. The Morgan fingerprint density at radius 3 is 2.96 bits per heavy atom. The maximum Gasteiger partial charge on any atom is 0.261 e. The molecule has 1 aromatic carbocycles. The highest BCUT2D eigenvalue weighted by Crippen LogP contribution is 2.17. The van der Waals surface area contributed by atoms with Crippen molar-refractivity contribution in [2.24, 2.45) is 5.73 Å². The van der Waals surface area contributed by atoms with Crippen LogP contribution >= 0.6 is 28.3 Å². The summed E-state index contributed by atoms with van der Waals surface area (Å²) in [7, 11) is 0. The fourth-order valence-electron chi connectivity index (χ4n) is 2.89. The molecule has 2 heterocycles. The van der Waals surface area contributed by atoms with Gasteiger partial charge in [-0.05, 0) is 31.0 Å². The number of aromatic nitrogens is 2. The molecular formula is C15H18BrClN4O2. The summed E-state index contributed by atoms with van der Waals surface area (Å²) in [5, 5.41) is 0.501. The predicted molar refractivity (Wildman–Crippen MR) is 94.7 cm³/mol. The Hall–Kier alpha value is -1.44. The molecule has 1 amide bonds. The van der Waals surface area contributed by atoms with Crippen molar-refractivity contribution in [1.82, 2.24) is 14.5 Å². The summed E-state index contributed by atoms with van der Waals surface area (Å²) >= 11 is 3.35. The lowest BCUT2D eigenvalue weighted by molar-refractivity contribution is -0.132. The number of hydrogen-bond acceptors (Lipinski definition) is 4. The summed E-state index contributed by atoms with van der Waals surface area (Å²) < 4.78 is 2.17. The van der Waals surface area contributed by atoms with E-state index >= 15 is 0 Å². The van der Waals surface area contributed by atoms with Crippen LogP contribution in [-0.4, -0.2) is 39.5 Å². The van der Waals surface area contributed by atoms with Gasteiger partial charge in [0.15, 0.2) is 0 Å². The molecule has 124 valence electrons. The third-order valence-electron chi connectivity index (χ3n) is 4.06. The first-order valence-corrected chi connectivity index (χ1v) is 8.03. The lowest BCUT2D eigenvalue weighted by Crippen LogP contribution is -2.42. The van der Waals surface area contributed by atoms with Crippen LogP contribution in [0.25, 0.3) is 10.9 Å². The Morgan fingerprint density at radius 1 is 1.43 bits per heavy atom. The Bertz CT molecular complexity index is 780. The topological polar surface area (TPSA) is 81.2 Å². The van der Waals surface area contributed by atoms with Crippen molar-refractivity contribution in [3.8, 4) is 0 Å². The highest BCUT2D eigenvalue weighted by molar-refractivity contribution is 9.10. The standard InChI is InChI=1S/C15H17BrN4O2.ClH/c16-10-3-4-13-12(6-10)15(22)19(9-18-13)8-14(21)20-5-1-2-11(20)7-17;/h3-4,6,9,11H,1-2,5,7-8,17H2;1H. The number of halogens is 2. The molecule has 2 aromatic rings. The number of nitrogens with zero attached hydrogens (tertiary/aromatic N) is 3. The van der Waals surface area contributed by atoms with Crippen molar-refractivity contribution in [3.05, 3.63) is 39.4 Å². The zero-order valence-electron chi connectivity index (χ0n) is 12.4. The Morgan fingerprint density at radius 2 is 2.22 bits per heavy atom. The highest BCUT2D eigenvalue weighted by Gasteiger charge is 2.27. The molecule has 0 radical (unpaired) electrons. The minimum absolute atomic E-state index is 0. The molecule has 1 aromatic heterocycles. The van der Waals surface area contributed by atoms with Crippen LogP contribution < -0.4 is 11.3 Å². The van der Waals surface area contributed by atoms with Gasteiger partial charge in [-0.1, -0.05) is 15.9 Å². The zero-order chi connectivity index (χ0) is 15.7. The molecule has 1 unspecified atom stereocenters. The van der Waals surface area contributed by atoms with E-state index in [-0.39, 0.29) is 36.5 Å². The molecule has 1 aliphatic rings. The maximum atomic E-state index is 12.5. The second-order valence-corrected chi connectivity index (χ2v) is 6.37. The second-order valence-electron chi connectivity index (χ2n) is 5.46. The summed E-state index contributed by atoms with van der Waals surface area (Å²) in [6.45, 7) is 1.18. The number of fused-ring (bicyclic) bond motifs is 1. The van der Waals surface area contributed by atoms with Crippen molar-refractivity contribution in [2.45, 2.75) is 25.4 Å². The number of rotatable bonds is 3. The first-order chi connectivity index (χ1) is 10.6. The number of carbonyl (C=O) groups excluding carboxylic acids is 1. The maximum absolute atomic E-state index is 12.5. The smallest absolute Gasteiger partial charge is 0.261 e. The van der Waals surface area contributed by atoms with Crippen LogP contribution in [-0.2, 0) is 11.3 Å². The van der Waals surface area contributed by atoms with Gasteiger partial charge >= 0.3 is 0 Å². The van der Waals surface area contributed by atoms with E-state index in [4.69, 9.17) is 5.73 Å². The molecule has 0 saturated carbocycles. The van der Waals surface area contributed by atoms with Gasteiger partial charge in [0.1, 0.15) is 6.54 Å². The number of likely N-dealkylation sites (tertiary alicyclic amines) is 1. The largest absolute Gasteiger partial charge is 0.337 e. The monoisotopic (exact) mass is 400 g/mol. The van der Waals surface area contributed by atoms with E-state index in [2.05, 4.69) is 20.9 Å². The molecule has 1 saturated heterocycles. The molecular weight excluding hydrogens is 384 g/mol. The van der Waals surface area contributed by atoms with E-state index < -0.39 is 0 Å². The second kappa shape index (κ2) is 7.42. The average molecular weight is 402 g/mol. The molecule has 1 fully saturated rings. The lowest BCUT2D eigenvalue weighted by atomic mass is 10.2. The molecule has 0 aliphatic carbocycles. The molecule has 0 bridgehead atoms. The molecule has 8 heteroatoms. The average Bonchev–Trinajstić information content (AvgIpc) is 2.99. The molecule has 6 nitrogen and oxygen atoms in total. The predicted octanol–water partition coefficient (Wildman–Crippen LogP) is 1.53. The zero-order valence-corrected chi connectivity index (χ0v) is 14.8. The minimum Gasteiger partial charge on any atom is -0.337 e. The number of amides is 1. The summed E-state index contributed by atoms with van der Waals surface area (Å²) in [5.41, 5.74) is 6.11. The quantitative estimate of drug-likeness (QED) is 0.846. The van der Waals surface area contributed by atoms with Crippen LogP contribution in [0.4, 0.5) is 0 Å². The van der Waals surface area contributed by atoms with Crippen LogP contribution in [0.1, 0.15) is 12.8 Å². The molecule has 0 spiro atoms. The van der Waals surface area contributed by atoms with Crippen molar-refractivity contribution in [1.29, 1.82) is 0 Å². The van der Waals surface area contributed by atoms with Gasteiger partial charge in [0.25, 0.3) is 5.56 Å². The number of hydrogen-bond donors (Lipinski definition) is 1. The van der Waals surface area contributed by atoms with Gasteiger partial charge in [0, 0.05) is 23.6 Å². The van der Waals surface area contributed by atoms with E-state index in [1.807, 2.05) is 6.07 Å². The molecule has 1 atom stereocenters. The van der Waals surface area contributed by atoms with Crippen LogP contribution in [0.5, 0.6) is 0 Å². The summed E-state index contributed by atoms with van der Waals surface area (Å²) in [5.74, 6) is -0.0776. The third kappa shape index (κ3) is 3.57. The summed E-state index contributed by atoms with van der Waals surface area (Å²) in [6, 6.07) is 5.42. The fraction of sp³-hybridized carbons (Fsp3) is 0.400. The van der Waals surface area contributed by atoms with Crippen molar-refractivity contribution in [2.75, 3.05) is 13.1 Å². The molecule has 3 rings (SSSR count). The third-order valence-corrected chi connectivity index (χ3v) is 4.55. The van der Waals surface area contributed by atoms with E-state index in [0.29, 0.717) is 24.0 Å². The summed E-state index contributed by atoms with van der Waals surface area (Å²) in [4.78, 5) is 30.9. The van der Waals surface area contributed by atoms with Gasteiger partial charge in [-0.25, -0.2) is 4.98 Å². The minimum atomic E-state index is -0.205. The Labute approximate surface area is 148 Å². The summed E-state index contributed by atoms with van der Waals surface area (Å²) in [6.07, 6.45) is 3.33. The Kier molecular flexibility index (Phi) is 5.78. The van der Waals surface area contributed by atoms with Gasteiger partial charge in [-0.15, -0.1) is 12.4 Å². The number of benzene rings is 1. The normalized spacial score (nSPS) is 17.3.